The number of hydrogen-bond acceptors (Lipinski definition) is 2. The third-order valence-electron chi connectivity index (χ3n) is 3.05. The number of Topliss-reactive ketones (excluding diaryl/α,β-unsaturated/α-hetero) is 1. The summed E-state index contributed by atoms with van der Waals surface area (Å²) in [7, 11) is 0. The fourth-order valence-corrected chi connectivity index (χ4v) is 3.37. The van der Waals surface area contributed by atoms with Crippen molar-refractivity contribution >= 4 is 40.0 Å². The molecule has 1 aromatic heterocycles. The van der Waals surface area contributed by atoms with E-state index in [0.29, 0.717) is 10.6 Å². The maximum Gasteiger partial charge on any atom is 0.161 e. The van der Waals surface area contributed by atoms with Crippen LogP contribution in [0.1, 0.15) is 17.3 Å². The molecule has 20 heavy (non-hydrogen) atoms. The number of aromatic amines is 1. The smallest absolute Gasteiger partial charge is 0.161 e. The monoisotopic (exact) mass is 301 g/mol. The van der Waals surface area contributed by atoms with Gasteiger partial charge in [-0.05, 0) is 37.3 Å². The maximum atomic E-state index is 11.4. The molecular formula is C16H12ClNOS. The Morgan fingerprint density at radius 1 is 1.15 bits per heavy atom. The molecule has 0 radical (unpaired) electrons. The molecule has 0 aliphatic heterocycles. The van der Waals surface area contributed by atoms with Gasteiger partial charge in [0.15, 0.2) is 5.78 Å². The van der Waals surface area contributed by atoms with E-state index in [4.69, 9.17) is 11.6 Å². The van der Waals surface area contributed by atoms with Crippen LogP contribution in [0.5, 0.6) is 0 Å². The van der Waals surface area contributed by atoms with Gasteiger partial charge in [0, 0.05) is 21.4 Å². The van der Waals surface area contributed by atoms with Gasteiger partial charge in [-0.3, -0.25) is 4.79 Å². The highest BCUT2D eigenvalue weighted by Crippen LogP contribution is 2.32. The first-order valence-electron chi connectivity index (χ1n) is 6.19. The minimum atomic E-state index is -0.0165. The first-order valence-corrected chi connectivity index (χ1v) is 7.39. The lowest BCUT2D eigenvalue weighted by atomic mass is 10.1. The van der Waals surface area contributed by atoms with Crippen molar-refractivity contribution in [2.24, 2.45) is 0 Å². The van der Waals surface area contributed by atoms with Crippen molar-refractivity contribution in [1.82, 2.24) is 4.98 Å². The number of hydrogen-bond donors (Lipinski definition) is 1. The molecule has 4 heteroatoms. The second-order valence-corrected chi connectivity index (χ2v) is 6.04. The number of para-hydroxylation sites is 1. The molecule has 0 spiro atoms. The number of carbonyl (C=O) groups is 1. The standard InChI is InChI=1S/C16H12ClNOS/c1-10(19)13-7-6-12(9-14(13)17)20-16-8-11-4-2-3-5-15(11)18-16/h2-9,18H,1H3. The van der Waals surface area contributed by atoms with Gasteiger partial charge in [-0.25, -0.2) is 0 Å². The second-order valence-electron chi connectivity index (χ2n) is 4.52. The summed E-state index contributed by atoms with van der Waals surface area (Å²) in [6.45, 7) is 1.52. The van der Waals surface area contributed by atoms with Crippen LogP contribution in [0, 0.1) is 0 Å². The molecule has 2 aromatic carbocycles. The van der Waals surface area contributed by atoms with Crippen molar-refractivity contribution < 1.29 is 4.79 Å². The number of benzene rings is 2. The maximum absolute atomic E-state index is 11.4. The molecule has 0 aliphatic carbocycles. The van der Waals surface area contributed by atoms with E-state index < -0.39 is 0 Å². The van der Waals surface area contributed by atoms with Crippen molar-refractivity contribution in [3.63, 3.8) is 0 Å². The third kappa shape index (κ3) is 2.60. The number of nitrogens with one attached hydrogen (secondary N) is 1. The third-order valence-corrected chi connectivity index (χ3v) is 4.30. The molecule has 0 unspecified atom stereocenters. The number of carbonyl (C=O) groups excluding carboxylic acids is 1. The first kappa shape index (κ1) is 13.3. The van der Waals surface area contributed by atoms with Crippen LogP contribution in [0.3, 0.4) is 0 Å². The van der Waals surface area contributed by atoms with Crippen molar-refractivity contribution in [1.29, 1.82) is 0 Å². The molecule has 0 bridgehead atoms. The van der Waals surface area contributed by atoms with Gasteiger partial charge < -0.3 is 4.98 Å². The zero-order chi connectivity index (χ0) is 14.1. The van der Waals surface area contributed by atoms with Gasteiger partial charge in [0.1, 0.15) is 0 Å². The Labute approximate surface area is 126 Å². The Morgan fingerprint density at radius 2 is 1.95 bits per heavy atom. The number of rotatable bonds is 3. The van der Waals surface area contributed by atoms with E-state index in [-0.39, 0.29) is 5.78 Å². The van der Waals surface area contributed by atoms with Crippen molar-refractivity contribution in [3.8, 4) is 0 Å². The number of fused-ring (bicyclic) bond motifs is 1. The summed E-state index contributed by atoms with van der Waals surface area (Å²) in [5, 5.41) is 2.73. The summed E-state index contributed by atoms with van der Waals surface area (Å²) >= 11 is 7.72. The molecule has 0 amide bonds. The minimum Gasteiger partial charge on any atom is -0.349 e. The molecule has 0 aliphatic rings. The van der Waals surface area contributed by atoms with Crippen LogP contribution in [-0.4, -0.2) is 10.8 Å². The Hall–Kier alpha value is -1.71. The molecule has 3 rings (SSSR count). The summed E-state index contributed by atoms with van der Waals surface area (Å²) in [6.07, 6.45) is 0. The predicted molar refractivity (Wildman–Crippen MR) is 83.9 cm³/mol. The van der Waals surface area contributed by atoms with Crippen molar-refractivity contribution in [2.75, 3.05) is 0 Å². The Morgan fingerprint density at radius 3 is 2.65 bits per heavy atom. The average molecular weight is 302 g/mol. The highest BCUT2D eigenvalue weighted by Gasteiger charge is 2.08. The van der Waals surface area contributed by atoms with E-state index in [1.165, 1.54) is 12.3 Å². The zero-order valence-corrected chi connectivity index (χ0v) is 12.4. The normalized spacial score (nSPS) is 10.9. The van der Waals surface area contributed by atoms with E-state index in [9.17, 15) is 4.79 Å². The molecule has 1 N–H and O–H groups in total. The predicted octanol–water partition coefficient (Wildman–Crippen LogP) is 5.18. The fraction of sp³-hybridized carbons (Fsp3) is 0.0625. The lowest BCUT2D eigenvalue weighted by Gasteiger charge is -2.03. The Balaban J connectivity index is 1.90. The van der Waals surface area contributed by atoms with Gasteiger partial charge in [-0.1, -0.05) is 41.6 Å². The summed E-state index contributed by atoms with van der Waals surface area (Å²) in [5.41, 5.74) is 1.68. The van der Waals surface area contributed by atoms with E-state index >= 15 is 0 Å². The topological polar surface area (TPSA) is 32.9 Å². The van der Waals surface area contributed by atoms with Crippen LogP contribution in [0.15, 0.2) is 58.5 Å². The minimum absolute atomic E-state index is 0.0165. The largest absolute Gasteiger partial charge is 0.349 e. The quantitative estimate of drug-likeness (QED) is 0.676. The van der Waals surface area contributed by atoms with Gasteiger partial charge in [0.05, 0.1) is 10.0 Å². The highest BCUT2D eigenvalue weighted by atomic mass is 35.5. The van der Waals surface area contributed by atoms with E-state index in [0.717, 1.165) is 15.4 Å². The van der Waals surface area contributed by atoms with Crippen molar-refractivity contribution in [2.45, 2.75) is 16.8 Å². The molecule has 3 aromatic rings. The number of aromatic nitrogens is 1. The average Bonchev–Trinajstić information content (AvgIpc) is 2.80. The van der Waals surface area contributed by atoms with Gasteiger partial charge >= 0.3 is 0 Å². The van der Waals surface area contributed by atoms with Crippen molar-refractivity contribution in [3.05, 3.63) is 59.1 Å². The lowest BCUT2D eigenvalue weighted by Crippen LogP contribution is -1.92. The van der Waals surface area contributed by atoms with E-state index in [1.54, 1.807) is 17.8 Å². The van der Waals surface area contributed by atoms with Crippen LogP contribution >= 0.6 is 23.4 Å². The second kappa shape index (κ2) is 5.35. The SMILES string of the molecule is CC(=O)c1ccc(Sc2cc3ccccc3[nH]2)cc1Cl. The van der Waals surface area contributed by atoms with Crippen LogP contribution in [0.4, 0.5) is 0 Å². The number of H-pyrrole nitrogens is 1. The molecule has 2 nitrogen and oxygen atoms in total. The zero-order valence-electron chi connectivity index (χ0n) is 10.8. The highest BCUT2D eigenvalue weighted by molar-refractivity contribution is 7.99. The molecule has 100 valence electrons. The number of halogens is 1. The van der Waals surface area contributed by atoms with Crippen LogP contribution in [0.25, 0.3) is 10.9 Å². The van der Waals surface area contributed by atoms with Crippen LogP contribution in [0.2, 0.25) is 5.02 Å². The molecule has 1 heterocycles. The van der Waals surface area contributed by atoms with E-state index in [2.05, 4.69) is 17.1 Å². The first-order chi connectivity index (χ1) is 9.63. The molecule has 0 saturated heterocycles. The fourth-order valence-electron chi connectivity index (χ4n) is 2.07. The van der Waals surface area contributed by atoms with Gasteiger partial charge in [0.25, 0.3) is 0 Å². The Kier molecular flexibility index (Phi) is 3.55. The molecule has 0 saturated carbocycles. The summed E-state index contributed by atoms with van der Waals surface area (Å²) in [4.78, 5) is 15.7. The van der Waals surface area contributed by atoms with E-state index in [1.807, 2.05) is 30.3 Å². The Bertz CT molecular complexity index is 761. The van der Waals surface area contributed by atoms with Gasteiger partial charge in [-0.15, -0.1) is 0 Å². The molecule has 0 atom stereocenters. The number of ketones is 1. The molecule has 0 fully saturated rings. The van der Waals surface area contributed by atoms with Crippen LogP contribution < -0.4 is 0 Å². The van der Waals surface area contributed by atoms with Gasteiger partial charge in [0.2, 0.25) is 0 Å². The summed E-state index contributed by atoms with van der Waals surface area (Å²) in [5.74, 6) is -0.0165. The van der Waals surface area contributed by atoms with Gasteiger partial charge in [-0.2, -0.15) is 0 Å². The summed E-state index contributed by atoms with van der Waals surface area (Å²) < 4.78 is 0. The molecular weight excluding hydrogens is 290 g/mol. The summed E-state index contributed by atoms with van der Waals surface area (Å²) in [6, 6.07) is 15.8. The lowest BCUT2D eigenvalue weighted by molar-refractivity contribution is 0.101. The van der Waals surface area contributed by atoms with Crippen LogP contribution in [-0.2, 0) is 0 Å².